The average Bonchev–Trinajstić information content (AvgIpc) is 2.86. The fourth-order valence-corrected chi connectivity index (χ4v) is 2.87. The van der Waals surface area contributed by atoms with Gasteiger partial charge in [-0.25, -0.2) is 18.2 Å². The summed E-state index contributed by atoms with van der Waals surface area (Å²) in [5, 5.41) is 0. The number of esters is 1. The summed E-state index contributed by atoms with van der Waals surface area (Å²) in [7, 11) is -3.35. The summed E-state index contributed by atoms with van der Waals surface area (Å²) in [4.78, 5) is 16.6. The number of hydrogen-bond acceptors (Lipinski definition) is 5. The first-order chi connectivity index (χ1) is 11.3. The van der Waals surface area contributed by atoms with Gasteiger partial charge >= 0.3 is 5.97 Å². The van der Waals surface area contributed by atoms with Crippen molar-refractivity contribution in [1.29, 1.82) is 0 Å². The van der Waals surface area contributed by atoms with Crippen LogP contribution in [0.5, 0.6) is 5.75 Å². The molecule has 7 nitrogen and oxygen atoms in total. The zero-order chi connectivity index (χ0) is 17.3. The van der Waals surface area contributed by atoms with Gasteiger partial charge < -0.3 is 9.14 Å². The van der Waals surface area contributed by atoms with Crippen LogP contribution in [-0.4, -0.2) is 30.0 Å². The monoisotopic (exact) mass is 345 g/mol. The molecule has 0 aliphatic rings. The number of imidazole rings is 1. The molecule has 0 aliphatic heterocycles. The highest BCUT2D eigenvalue weighted by Crippen LogP contribution is 2.19. The van der Waals surface area contributed by atoms with E-state index in [1.54, 1.807) is 17.4 Å². The number of rotatable bonds is 4. The topological polar surface area (TPSA) is 89.8 Å². The van der Waals surface area contributed by atoms with Crippen molar-refractivity contribution in [2.45, 2.75) is 6.92 Å². The third-order valence-electron chi connectivity index (χ3n) is 3.29. The van der Waals surface area contributed by atoms with Crippen molar-refractivity contribution in [3.63, 3.8) is 0 Å². The molecular formula is C16H15N3O4S. The van der Waals surface area contributed by atoms with Crippen molar-refractivity contribution in [2.75, 3.05) is 11.0 Å². The molecule has 0 aliphatic carbocycles. The summed E-state index contributed by atoms with van der Waals surface area (Å²) < 4.78 is 31.8. The molecule has 0 radical (unpaired) electrons. The van der Waals surface area contributed by atoms with Crippen molar-refractivity contribution < 1.29 is 17.9 Å². The number of aromatic nitrogens is 2. The first-order valence-electron chi connectivity index (χ1n) is 7.07. The van der Waals surface area contributed by atoms with E-state index in [-0.39, 0.29) is 5.69 Å². The molecular weight excluding hydrogens is 330 g/mol. The summed E-state index contributed by atoms with van der Waals surface area (Å²) in [6.45, 7) is 1.80. The molecule has 3 rings (SSSR count). The Bertz CT molecular complexity index is 1010. The van der Waals surface area contributed by atoms with Crippen molar-refractivity contribution in [1.82, 2.24) is 9.38 Å². The Balaban J connectivity index is 1.81. The normalized spacial score (nSPS) is 11.4. The van der Waals surface area contributed by atoms with E-state index >= 15 is 0 Å². The first-order valence-corrected chi connectivity index (χ1v) is 8.96. The molecule has 0 unspecified atom stereocenters. The van der Waals surface area contributed by atoms with Crippen LogP contribution in [0.15, 0.2) is 48.7 Å². The Labute approximate surface area is 139 Å². The van der Waals surface area contributed by atoms with Crippen LogP contribution < -0.4 is 9.46 Å². The number of hydrogen-bond donors (Lipinski definition) is 1. The van der Waals surface area contributed by atoms with Gasteiger partial charge in [0.25, 0.3) is 0 Å². The molecule has 2 heterocycles. The highest BCUT2D eigenvalue weighted by molar-refractivity contribution is 7.92. The van der Waals surface area contributed by atoms with Gasteiger partial charge in [-0.15, -0.1) is 0 Å². The Hall–Kier alpha value is -2.87. The van der Waals surface area contributed by atoms with Gasteiger partial charge in [-0.2, -0.15) is 0 Å². The Morgan fingerprint density at radius 2 is 1.88 bits per heavy atom. The predicted octanol–water partition coefficient (Wildman–Crippen LogP) is 2.23. The molecule has 24 heavy (non-hydrogen) atoms. The third-order valence-corrected chi connectivity index (χ3v) is 3.89. The lowest BCUT2D eigenvalue weighted by Gasteiger charge is -2.06. The molecule has 124 valence electrons. The number of benzene rings is 1. The molecule has 0 saturated carbocycles. The number of carbonyl (C=O) groups excluding carboxylic acids is 1. The second kappa shape index (κ2) is 5.97. The van der Waals surface area contributed by atoms with Crippen LogP contribution in [0.2, 0.25) is 0 Å². The molecule has 1 aromatic carbocycles. The van der Waals surface area contributed by atoms with Gasteiger partial charge in [0, 0.05) is 11.9 Å². The molecule has 1 N–H and O–H groups in total. The van der Waals surface area contributed by atoms with Crippen molar-refractivity contribution in [2.24, 2.45) is 0 Å². The maximum atomic E-state index is 12.3. The number of nitrogens with zero attached hydrogens (tertiary/aromatic N) is 2. The van der Waals surface area contributed by atoms with Gasteiger partial charge in [0.05, 0.1) is 11.8 Å². The Morgan fingerprint density at radius 1 is 1.17 bits per heavy atom. The minimum Gasteiger partial charge on any atom is -0.422 e. The number of carbonyl (C=O) groups is 1. The minimum atomic E-state index is -3.35. The van der Waals surface area contributed by atoms with Crippen LogP contribution in [0.3, 0.4) is 0 Å². The zero-order valence-electron chi connectivity index (χ0n) is 13.1. The highest BCUT2D eigenvalue weighted by Gasteiger charge is 2.17. The Kier molecular flexibility index (Phi) is 3.98. The number of nitrogens with one attached hydrogen (secondary N) is 1. The van der Waals surface area contributed by atoms with E-state index in [2.05, 4.69) is 9.71 Å². The number of sulfonamides is 1. The summed E-state index contributed by atoms with van der Waals surface area (Å²) in [5.74, 6) is 0.412. The van der Waals surface area contributed by atoms with Crippen LogP contribution >= 0.6 is 0 Å². The lowest BCUT2D eigenvalue weighted by atomic mass is 10.3. The molecule has 2 aromatic heterocycles. The molecule has 0 atom stereocenters. The maximum Gasteiger partial charge on any atom is 0.364 e. The van der Waals surface area contributed by atoms with Crippen LogP contribution in [0.1, 0.15) is 16.3 Å². The molecule has 0 spiro atoms. The third kappa shape index (κ3) is 3.38. The van der Waals surface area contributed by atoms with Gasteiger partial charge in [-0.05, 0) is 43.3 Å². The quantitative estimate of drug-likeness (QED) is 0.578. The van der Waals surface area contributed by atoms with Gasteiger partial charge in [-0.1, -0.05) is 6.07 Å². The number of pyridine rings is 1. The first kappa shape index (κ1) is 16.0. The number of fused-ring (bicyclic) bond motifs is 1. The van der Waals surface area contributed by atoms with Crippen molar-refractivity contribution in [3.05, 3.63) is 60.2 Å². The summed E-state index contributed by atoms with van der Waals surface area (Å²) >= 11 is 0. The minimum absolute atomic E-state index is 0.228. The predicted molar refractivity (Wildman–Crippen MR) is 89.8 cm³/mol. The van der Waals surface area contributed by atoms with E-state index in [4.69, 9.17) is 4.74 Å². The summed E-state index contributed by atoms with van der Waals surface area (Å²) in [5.41, 5.74) is 1.28. The van der Waals surface area contributed by atoms with Crippen LogP contribution in [0, 0.1) is 6.92 Å². The standard InChI is InChI=1S/C16H15N3O4S/c1-11-17-15(14-5-3-4-10-19(11)14)16(20)23-13-8-6-12(7-9-13)18-24(2,21)22/h3-10,18H,1-2H3. The number of anilines is 1. The van der Waals surface area contributed by atoms with Crippen molar-refractivity contribution in [3.8, 4) is 5.75 Å². The molecule has 0 amide bonds. The molecule has 0 fully saturated rings. The fraction of sp³-hybridized carbons (Fsp3) is 0.125. The lowest BCUT2D eigenvalue weighted by Crippen LogP contribution is -2.11. The smallest absolute Gasteiger partial charge is 0.364 e. The van der Waals surface area contributed by atoms with Crippen molar-refractivity contribution >= 4 is 27.2 Å². The van der Waals surface area contributed by atoms with Gasteiger partial charge in [0.2, 0.25) is 10.0 Å². The molecule has 0 bridgehead atoms. The lowest BCUT2D eigenvalue weighted by molar-refractivity contribution is 0.0731. The number of ether oxygens (including phenoxy) is 1. The highest BCUT2D eigenvalue weighted by atomic mass is 32.2. The van der Waals surface area contributed by atoms with E-state index in [0.29, 0.717) is 22.8 Å². The van der Waals surface area contributed by atoms with E-state index in [0.717, 1.165) is 6.26 Å². The van der Waals surface area contributed by atoms with Gasteiger partial charge in [0.1, 0.15) is 11.6 Å². The van der Waals surface area contributed by atoms with Gasteiger partial charge in [-0.3, -0.25) is 4.72 Å². The fourth-order valence-electron chi connectivity index (χ4n) is 2.30. The molecule has 8 heteroatoms. The maximum absolute atomic E-state index is 12.3. The molecule has 3 aromatic rings. The van der Waals surface area contributed by atoms with E-state index in [1.807, 2.05) is 18.3 Å². The van der Waals surface area contributed by atoms with Crippen LogP contribution in [0.25, 0.3) is 5.52 Å². The average molecular weight is 345 g/mol. The Morgan fingerprint density at radius 3 is 2.54 bits per heavy atom. The summed E-state index contributed by atoms with van der Waals surface area (Å²) in [6, 6.07) is 11.5. The van der Waals surface area contributed by atoms with E-state index in [9.17, 15) is 13.2 Å². The SMILES string of the molecule is Cc1nc(C(=O)Oc2ccc(NS(C)(=O)=O)cc2)c2ccccn12. The second-order valence-corrected chi connectivity index (χ2v) is 7.00. The second-order valence-electron chi connectivity index (χ2n) is 5.25. The van der Waals surface area contributed by atoms with Crippen LogP contribution in [-0.2, 0) is 10.0 Å². The number of aryl methyl sites for hydroxylation is 1. The van der Waals surface area contributed by atoms with Crippen LogP contribution in [0.4, 0.5) is 5.69 Å². The van der Waals surface area contributed by atoms with E-state index in [1.165, 1.54) is 24.3 Å². The van der Waals surface area contributed by atoms with Gasteiger partial charge in [0.15, 0.2) is 5.69 Å². The molecule has 0 saturated heterocycles. The summed E-state index contributed by atoms with van der Waals surface area (Å²) in [6.07, 6.45) is 2.88. The largest absolute Gasteiger partial charge is 0.422 e. The van der Waals surface area contributed by atoms with E-state index < -0.39 is 16.0 Å². The zero-order valence-corrected chi connectivity index (χ0v) is 13.9.